The van der Waals surface area contributed by atoms with Crippen molar-refractivity contribution in [2.24, 2.45) is 0 Å². The van der Waals surface area contributed by atoms with Crippen molar-refractivity contribution in [1.82, 2.24) is 9.21 Å². The number of benzene rings is 1. The lowest BCUT2D eigenvalue weighted by molar-refractivity contribution is -0.178. The molecule has 1 amide bonds. The van der Waals surface area contributed by atoms with E-state index in [0.29, 0.717) is 47.9 Å². The Labute approximate surface area is 160 Å². The van der Waals surface area contributed by atoms with E-state index < -0.39 is 21.8 Å². The van der Waals surface area contributed by atoms with Crippen LogP contribution in [0.3, 0.4) is 0 Å². The van der Waals surface area contributed by atoms with Gasteiger partial charge in [-0.15, -0.1) is 0 Å². The van der Waals surface area contributed by atoms with Crippen LogP contribution in [0.4, 0.5) is 0 Å². The minimum Gasteiger partial charge on any atom is -0.496 e. The monoisotopic (exact) mass is 394 g/mol. The molecule has 7 nitrogen and oxygen atoms in total. The summed E-state index contributed by atoms with van der Waals surface area (Å²) in [5, 5.41) is 0. The minimum absolute atomic E-state index is 0.0149. The van der Waals surface area contributed by atoms with Crippen LogP contribution >= 0.6 is 0 Å². The molecule has 3 aliphatic rings. The van der Waals surface area contributed by atoms with Gasteiger partial charge in [-0.1, -0.05) is 0 Å². The first-order valence-electron chi connectivity index (χ1n) is 9.35. The summed E-state index contributed by atoms with van der Waals surface area (Å²) in [5.74, 6) is 0.665. The third-order valence-electron chi connectivity index (χ3n) is 6.33. The zero-order valence-electron chi connectivity index (χ0n) is 16.2. The maximum Gasteiger partial charge on any atom is 0.244 e. The molecule has 0 radical (unpaired) electrons. The van der Waals surface area contributed by atoms with Crippen LogP contribution in [0.5, 0.6) is 5.75 Å². The van der Waals surface area contributed by atoms with Gasteiger partial charge in [-0.2, -0.15) is 4.31 Å². The van der Waals surface area contributed by atoms with Crippen molar-refractivity contribution < 1.29 is 22.7 Å². The third-order valence-corrected chi connectivity index (χ3v) is 8.53. The lowest BCUT2D eigenvalue weighted by Crippen LogP contribution is -2.56. The molecule has 0 unspecified atom stereocenters. The van der Waals surface area contributed by atoms with Crippen LogP contribution in [0.15, 0.2) is 11.0 Å². The van der Waals surface area contributed by atoms with Crippen LogP contribution in [0.1, 0.15) is 36.0 Å². The van der Waals surface area contributed by atoms with Crippen molar-refractivity contribution in [1.29, 1.82) is 0 Å². The molecule has 3 heterocycles. The van der Waals surface area contributed by atoms with E-state index in [9.17, 15) is 13.2 Å². The van der Waals surface area contributed by atoms with Crippen LogP contribution in [-0.4, -0.2) is 62.1 Å². The molecular formula is C19H26N2O5S. The molecular weight excluding hydrogens is 368 g/mol. The number of ether oxygens (including phenoxy) is 2. The normalized spacial score (nSPS) is 28.4. The molecule has 1 aromatic carbocycles. The summed E-state index contributed by atoms with van der Waals surface area (Å²) in [7, 11) is -2.18. The van der Waals surface area contributed by atoms with Crippen molar-refractivity contribution >= 4 is 15.9 Å². The SMILES string of the molecule is COc1cc(C)c(S(=O)(=O)N2CC[C@@]34OCCCN3C(=O)C[C@@H]24)c(C)c1C. The largest absolute Gasteiger partial charge is 0.496 e. The molecule has 8 heteroatoms. The molecule has 0 bridgehead atoms. The van der Waals surface area contributed by atoms with Gasteiger partial charge in [0.2, 0.25) is 15.9 Å². The topological polar surface area (TPSA) is 76.2 Å². The number of sulfonamides is 1. The van der Waals surface area contributed by atoms with Crippen molar-refractivity contribution in [3.63, 3.8) is 0 Å². The Kier molecular flexibility index (Phi) is 4.29. The van der Waals surface area contributed by atoms with Crippen molar-refractivity contribution in [2.45, 2.75) is 56.7 Å². The Balaban J connectivity index is 1.79. The highest BCUT2D eigenvalue weighted by atomic mass is 32.2. The Hall–Kier alpha value is -1.64. The molecule has 0 aromatic heterocycles. The van der Waals surface area contributed by atoms with E-state index in [2.05, 4.69) is 0 Å². The van der Waals surface area contributed by atoms with Crippen molar-refractivity contribution in [2.75, 3.05) is 26.8 Å². The summed E-state index contributed by atoms with van der Waals surface area (Å²) in [6.45, 7) is 7.03. The molecule has 4 rings (SSSR count). The average molecular weight is 394 g/mol. The van der Waals surface area contributed by atoms with Crippen molar-refractivity contribution in [3.05, 3.63) is 22.8 Å². The van der Waals surface area contributed by atoms with E-state index >= 15 is 0 Å². The molecule has 0 aliphatic carbocycles. The van der Waals surface area contributed by atoms with Gasteiger partial charge in [-0.05, 0) is 49.9 Å². The molecule has 148 valence electrons. The van der Waals surface area contributed by atoms with Gasteiger partial charge in [0.25, 0.3) is 0 Å². The number of hydrogen-bond donors (Lipinski definition) is 0. The van der Waals surface area contributed by atoms with Crippen molar-refractivity contribution in [3.8, 4) is 5.75 Å². The molecule has 3 fully saturated rings. The van der Waals surface area contributed by atoms with E-state index in [1.807, 2.05) is 13.8 Å². The van der Waals surface area contributed by atoms with Gasteiger partial charge in [-0.3, -0.25) is 4.79 Å². The number of methoxy groups -OCH3 is 1. The number of hydrogen-bond acceptors (Lipinski definition) is 5. The highest BCUT2D eigenvalue weighted by molar-refractivity contribution is 7.89. The van der Waals surface area contributed by atoms with Crippen LogP contribution in [0, 0.1) is 20.8 Å². The predicted molar refractivity (Wildman–Crippen MR) is 99.1 cm³/mol. The van der Waals surface area contributed by atoms with Gasteiger partial charge in [0.1, 0.15) is 5.75 Å². The number of aryl methyl sites for hydroxylation is 1. The number of amides is 1. The fraction of sp³-hybridized carbons (Fsp3) is 0.632. The smallest absolute Gasteiger partial charge is 0.244 e. The highest BCUT2D eigenvalue weighted by Crippen LogP contribution is 2.47. The minimum atomic E-state index is -3.76. The maximum atomic E-state index is 13.6. The fourth-order valence-corrected chi connectivity index (χ4v) is 7.09. The molecule has 27 heavy (non-hydrogen) atoms. The third kappa shape index (κ3) is 2.46. The first-order chi connectivity index (χ1) is 12.7. The summed E-state index contributed by atoms with van der Waals surface area (Å²) < 4.78 is 40.2. The Morgan fingerprint density at radius 1 is 1.22 bits per heavy atom. The lowest BCUT2D eigenvalue weighted by atomic mass is 10.0. The average Bonchev–Trinajstić information content (AvgIpc) is 3.10. The van der Waals surface area contributed by atoms with E-state index in [0.717, 1.165) is 12.0 Å². The summed E-state index contributed by atoms with van der Waals surface area (Å²) in [4.78, 5) is 14.6. The Bertz CT molecular complexity index is 913. The highest BCUT2D eigenvalue weighted by Gasteiger charge is 2.63. The van der Waals surface area contributed by atoms with Gasteiger partial charge < -0.3 is 14.4 Å². The zero-order valence-corrected chi connectivity index (χ0v) is 17.1. The molecule has 1 spiro atoms. The molecule has 3 saturated heterocycles. The fourth-order valence-electron chi connectivity index (χ4n) is 4.95. The molecule has 2 atom stereocenters. The van der Waals surface area contributed by atoms with Gasteiger partial charge in [0.05, 0.1) is 24.7 Å². The number of rotatable bonds is 3. The van der Waals surface area contributed by atoms with Gasteiger partial charge >= 0.3 is 0 Å². The van der Waals surface area contributed by atoms with Crippen LogP contribution in [0.25, 0.3) is 0 Å². The summed E-state index contributed by atoms with van der Waals surface area (Å²) in [6.07, 6.45) is 1.51. The van der Waals surface area contributed by atoms with Gasteiger partial charge in [0.15, 0.2) is 5.72 Å². The zero-order chi connectivity index (χ0) is 19.6. The second-order valence-corrected chi connectivity index (χ2v) is 9.48. The molecule has 1 aromatic rings. The van der Waals surface area contributed by atoms with E-state index in [4.69, 9.17) is 9.47 Å². The second-order valence-electron chi connectivity index (χ2n) is 7.65. The summed E-state index contributed by atoms with van der Waals surface area (Å²) >= 11 is 0. The number of carbonyl (C=O) groups is 1. The van der Waals surface area contributed by atoms with Gasteiger partial charge in [-0.25, -0.2) is 8.42 Å². The quantitative estimate of drug-likeness (QED) is 0.780. The van der Waals surface area contributed by atoms with Crippen LogP contribution in [-0.2, 0) is 19.6 Å². The lowest BCUT2D eigenvalue weighted by Gasteiger charge is -2.42. The van der Waals surface area contributed by atoms with E-state index in [1.165, 1.54) is 4.31 Å². The maximum absolute atomic E-state index is 13.6. The van der Waals surface area contributed by atoms with Crippen LogP contribution in [0.2, 0.25) is 0 Å². The van der Waals surface area contributed by atoms with E-state index in [-0.39, 0.29) is 12.3 Å². The Morgan fingerprint density at radius 2 is 1.96 bits per heavy atom. The summed E-state index contributed by atoms with van der Waals surface area (Å²) in [6, 6.07) is 1.31. The number of nitrogens with zero attached hydrogens (tertiary/aromatic N) is 2. The standard InChI is InChI=1S/C19H26N2O5S/c1-12-10-15(25-4)13(2)14(3)18(12)27(23,24)21-8-6-19-16(21)11-17(22)20(19)7-5-9-26-19/h10,16H,5-9,11H2,1-4H3/t16-,19+/m1/s1. The molecule has 3 aliphatic heterocycles. The Morgan fingerprint density at radius 3 is 2.67 bits per heavy atom. The second kappa shape index (κ2) is 6.18. The molecule has 0 saturated carbocycles. The molecule has 0 N–H and O–H groups in total. The van der Waals surface area contributed by atoms with Crippen LogP contribution < -0.4 is 4.74 Å². The first-order valence-corrected chi connectivity index (χ1v) is 10.8. The summed E-state index contributed by atoms with van der Waals surface area (Å²) in [5.41, 5.74) is 1.37. The predicted octanol–water partition coefficient (Wildman–Crippen LogP) is 1.73. The first kappa shape index (κ1) is 18.7. The van der Waals surface area contributed by atoms with E-state index in [1.54, 1.807) is 25.0 Å². The number of carbonyl (C=O) groups excluding carboxylic acids is 1. The van der Waals surface area contributed by atoms with Gasteiger partial charge in [0, 0.05) is 25.9 Å².